The Morgan fingerprint density at radius 1 is 1.09 bits per heavy atom. The van der Waals surface area contributed by atoms with E-state index in [2.05, 4.69) is 25.4 Å². The summed E-state index contributed by atoms with van der Waals surface area (Å²) in [5.41, 5.74) is 3.31. The van der Waals surface area contributed by atoms with E-state index in [0.717, 1.165) is 42.2 Å². The molecule has 0 aliphatic carbocycles. The molecule has 2 aliphatic rings. The molecule has 9 nitrogen and oxygen atoms in total. The Morgan fingerprint density at radius 2 is 1.91 bits per heavy atom. The Labute approximate surface area is 195 Å². The van der Waals surface area contributed by atoms with Crippen molar-refractivity contribution >= 4 is 34.5 Å². The van der Waals surface area contributed by atoms with E-state index in [1.54, 1.807) is 28.7 Å². The number of carbonyl (C=O) groups is 2. The van der Waals surface area contributed by atoms with Crippen LogP contribution in [0, 0.1) is 0 Å². The number of aromatic amines is 1. The van der Waals surface area contributed by atoms with E-state index in [-0.39, 0.29) is 11.8 Å². The number of H-pyrrole nitrogens is 1. The molecule has 0 atom stereocenters. The SMILES string of the molecule is O=C(Nc1cc(C(=O)N2CCOCC2)ccc1N1CCCCC1)c1csc(-c2cn[nH]c2)n1. The standard InChI is InChI=1S/C23H26N6O3S/c30-21(19-15-33-22(27-19)17-13-24-25-14-17)26-18-12-16(23(31)29-8-10-32-11-9-29)4-5-20(18)28-6-2-1-3-7-28/h4-5,12-15H,1-3,6-11H2,(H,24,25)(H,26,30). The van der Waals surface area contributed by atoms with Gasteiger partial charge in [0.2, 0.25) is 0 Å². The van der Waals surface area contributed by atoms with Crippen LogP contribution in [-0.4, -0.2) is 71.3 Å². The van der Waals surface area contributed by atoms with Gasteiger partial charge in [-0.05, 0) is 37.5 Å². The second-order valence-corrected chi connectivity index (χ2v) is 9.02. The van der Waals surface area contributed by atoms with Crippen molar-refractivity contribution in [3.63, 3.8) is 0 Å². The molecule has 1 aromatic carbocycles. The summed E-state index contributed by atoms with van der Waals surface area (Å²) in [5, 5.41) is 12.2. The van der Waals surface area contributed by atoms with Crippen LogP contribution < -0.4 is 10.2 Å². The molecular weight excluding hydrogens is 440 g/mol. The smallest absolute Gasteiger partial charge is 0.275 e. The molecule has 0 unspecified atom stereocenters. The van der Waals surface area contributed by atoms with E-state index in [4.69, 9.17) is 4.74 Å². The van der Waals surface area contributed by atoms with Gasteiger partial charge in [0.25, 0.3) is 11.8 Å². The number of amides is 2. The molecule has 2 fully saturated rings. The van der Waals surface area contributed by atoms with Gasteiger partial charge in [-0.2, -0.15) is 5.10 Å². The topological polar surface area (TPSA) is 103 Å². The molecule has 0 spiro atoms. The van der Waals surface area contributed by atoms with Gasteiger partial charge in [0.05, 0.1) is 30.8 Å². The number of ether oxygens (including phenoxy) is 1. The molecule has 2 aliphatic heterocycles. The number of rotatable bonds is 5. The second-order valence-electron chi connectivity index (χ2n) is 8.16. The van der Waals surface area contributed by atoms with E-state index in [1.807, 2.05) is 12.1 Å². The maximum atomic E-state index is 13.1. The number of morpholine rings is 1. The van der Waals surface area contributed by atoms with Gasteiger partial charge in [0.15, 0.2) is 0 Å². The fraction of sp³-hybridized carbons (Fsp3) is 0.391. The largest absolute Gasteiger partial charge is 0.378 e. The number of hydrogen-bond donors (Lipinski definition) is 2. The Bertz CT molecular complexity index is 1120. The molecule has 2 aromatic heterocycles. The molecular formula is C23H26N6O3S. The van der Waals surface area contributed by atoms with E-state index < -0.39 is 0 Å². The predicted molar refractivity (Wildman–Crippen MR) is 127 cm³/mol. The van der Waals surface area contributed by atoms with Gasteiger partial charge >= 0.3 is 0 Å². The lowest BCUT2D eigenvalue weighted by Gasteiger charge is -2.31. The van der Waals surface area contributed by atoms with Crippen LogP contribution in [0.4, 0.5) is 11.4 Å². The van der Waals surface area contributed by atoms with Crippen molar-refractivity contribution in [1.29, 1.82) is 0 Å². The summed E-state index contributed by atoms with van der Waals surface area (Å²) in [6, 6.07) is 5.60. The molecule has 0 radical (unpaired) electrons. The fourth-order valence-electron chi connectivity index (χ4n) is 4.19. The van der Waals surface area contributed by atoms with Gasteiger partial charge in [-0.15, -0.1) is 11.3 Å². The van der Waals surface area contributed by atoms with Gasteiger partial charge in [0, 0.05) is 48.9 Å². The summed E-state index contributed by atoms with van der Waals surface area (Å²) >= 11 is 1.39. The van der Waals surface area contributed by atoms with Crippen LogP contribution in [0.25, 0.3) is 10.6 Å². The number of aromatic nitrogens is 3. The van der Waals surface area contributed by atoms with Crippen molar-refractivity contribution in [3.05, 3.63) is 47.2 Å². The zero-order valence-corrected chi connectivity index (χ0v) is 19.1. The molecule has 4 heterocycles. The van der Waals surface area contributed by atoms with Crippen molar-refractivity contribution in [2.75, 3.05) is 49.6 Å². The lowest BCUT2D eigenvalue weighted by atomic mass is 10.1. The van der Waals surface area contributed by atoms with Gasteiger partial charge in [0.1, 0.15) is 10.7 Å². The van der Waals surface area contributed by atoms with Crippen LogP contribution in [0.15, 0.2) is 36.0 Å². The Morgan fingerprint density at radius 3 is 2.67 bits per heavy atom. The van der Waals surface area contributed by atoms with Crippen molar-refractivity contribution in [2.45, 2.75) is 19.3 Å². The zero-order valence-electron chi connectivity index (χ0n) is 18.2. The Kier molecular flexibility index (Phi) is 6.36. The predicted octanol–water partition coefficient (Wildman–Crippen LogP) is 3.25. The van der Waals surface area contributed by atoms with Crippen LogP contribution in [0.2, 0.25) is 0 Å². The van der Waals surface area contributed by atoms with Crippen molar-refractivity contribution in [1.82, 2.24) is 20.1 Å². The molecule has 5 rings (SSSR count). The second kappa shape index (κ2) is 9.72. The molecule has 2 N–H and O–H groups in total. The average molecular weight is 467 g/mol. The number of benzene rings is 1. The number of hydrogen-bond acceptors (Lipinski definition) is 7. The number of thiazole rings is 1. The minimum absolute atomic E-state index is 0.0464. The molecule has 2 amide bonds. The number of nitrogens with zero attached hydrogens (tertiary/aromatic N) is 4. The molecule has 33 heavy (non-hydrogen) atoms. The van der Waals surface area contributed by atoms with Gasteiger partial charge in [-0.25, -0.2) is 4.98 Å². The molecule has 3 aromatic rings. The minimum Gasteiger partial charge on any atom is -0.378 e. The maximum Gasteiger partial charge on any atom is 0.275 e. The molecule has 172 valence electrons. The third-order valence-corrected chi connectivity index (χ3v) is 6.86. The highest BCUT2D eigenvalue weighted by Crippen LogP contribution is 2.31. The maximum absolute atomic E-state index is 13.1. The normalized spacial score (nSPS) is 16.6. The highest BCUT2D eigenvalue weighted by Gasteiger charge is 2.23. The summed E-state index contributed by atoms with van der Waals surface area (Å²) in [5.74, 6) is -0.342. The summed E-state index contributed by atoms with van der Waals surface area (Å²) in [4.78, 5) is 34.7. The molecule has 10 heteroatoms. The van der Waals surface area contributed by atoms with Crippen LogP contribution in [0.1, 0.15) is 40.1 Å². The van der Waals surface area contributed by atoms with E-state index >= 15 is 0 Å². The highest BCUT2D eigenvalue weighted by atomic mass is 32.1. The van der Waals surface area contributed by atoms with Gasteiger partial charge in [-0.3, -0.25) is 14.7 Å². The van der Waals surface area contributed by atoms with Crippen molar-refractivity contribution in [2.24, 2.45) is 0 Å². The first-order valence-electron chi connectivity index (χ1n) is 11.2. The number of carbonyl (C=O) groups excluding carboxylic acids is 2. The van der Waals surface area contributed by atoms with E-state index in [1.165, 1.54) is 17.8 Å². The molecule has 0 saturated carbocycles. The van der Waals surface area contributed by atoms with E-state index in [9.17, 15) is 9.59 Å². The van der Waals surface area contributed by atoms with Crippen molar-refractivity contribution < 1.29 is 14.3 Å². The summed E-state index contributed by atoms with van der Waals surface area (Å²) < 4.78 is 5.37. The highest BCUT2D eigenvalue weighted by molar-refractivity contribution is 7.13. The zero-order chi connectivity index (χ0) is 22.6. The summed E-state index contributed by atoms with van der Waals surface area (Å²) in [7, 11) is 0. The quantitative estimate of drug-likeness (QED) is 0.598. The van der Waals surface area contributed by atoms with Crippen LogP contribution in [0.5, 0.6) is 0 Å². The number of anilines is 2. The average Bonchev–Trinajstić information content (AvgIpc) is 3.57. The lowest BCUT2D eigenvalue weighted by molar-refractivity contribution is 0.0303. The fourth-order valence-corrected chi connectivity index (χ4v) is 4.98. The Balaban J connectivity index is 1.41. The first-order chi connectivity index (χ1) is 16.2. The summed E-state index contributed by atoms with van der Waals surface area (Å²) in [6.07, 6.45) is 6.86. The third-order valence-electron chi connectivity index (χ3n) is 5.97. The van der Waals surface area contributed by atoms with E-state index in [0.29, 0.717) is 43.2 Å². The molecule has 0 bridgehead atoms. The lowest BCUT2D eigenvalue weighted by Crippen LogP contribution is -2.40. The summed E-state index contributed by atoms with van der Waals surface area (Å²) in [6.45, 7) is 4.10. The van der Waals surface area contributed by atoms with Crippen LogP contribution >= 0.6 is 11.3 Å². The Hall–Kier alpha value is -3.24. The van der Waals surface area contributed by atoms with Crippen LogP contribution in [0.3, 0.4) is 0 Å². The third kappa shape index (κ3) is 4.76. The number of piperidine rings is 1. The molecule has 2 saturated heterocycles. The number of nitrogens with one attached hydrogen (secondary N) is 2. The van der Waals surface area contributed by atoms with Crippen LogP contribution in [-0.2, 0) is 4.74 Å². The van der Waals surface area contributed by atoms with Gasteiger partial charge in [-0.1, -0.05) is 0 Å². The van der Waals surface area contributed by atoms with Gasteiger partial charge < -0.3 is 19.9 Å². The monoisotopic (exact) mass is 466 g/mol. The minimum atomic E-state index is -0.296. The first kappa shape index (κ1) is 21.6. The van der Waals surface area contributed by atoms with Crippen molar-refractivity contribution in [3.8, 4) is 10.6 Å². The first-order valence-corrected chi connectivity index (χ1v) is 12.1.